The summed E-state index contributed by atoms with van der Waals surface area (Å²) in [5.41, 5.74) is 1.83. The summed E-state index contributed by atoms with van der Waals surface area (Å²) in [6.45, 7) is 4.21. The molecule has 0 aliphatic heterocycles. The first-order valence-corrected chi connectivity index (χ1v) is 7.47. The topological polar surface area (TPSA) is 12.0 Å². The smallest absolute Gasteiger partial charge is 0.146 e. The van der Waals surface area contributed by atoms with Gasteiger partial charge in [0.05, 0.1) is 11.7 Å². The number of hydrogen-bond acceptors (Lipinski definition) is 2. The maximum Gasteiger partial charge on any atom is 0.146 e. The molecule has 0 fully saturated rings. The summed E-state index contributed by atoms with van der Waals surface area (Å²) in [5, 5.41) is 4.55. The average molecular weight is 285 g/mol. The summed E-state index contributed by atoms with van der Waals surface area (Å²) in [7, 11) is 0. The minimum atomic E-state index is -0.210. The Morgan fingerprint density at radius 3 is 2.50 bits per heavy atom. The fraction of sp³-hybridized carbons (Fsp3) is 0.176. The fourth-order valence-corrected chi connectivity index (χ4v) is 3.70. The molecule has 0 saturated heterocycles. The lowest BCUT2D eigenvalue weighted by atomic mass is 10.1. The minimum absolute atomic E-state index is 0.0873. The van der Waals surface area contributed by atoms with Gasteiger partial charge in [-0.2, -0.15) is 0 Å². The highest BCUT2D eigenvalue weighted by atomic mass is 32.1. The maximum atomic E-state index is 13.7. The van der Waals surface area contributed by atoms with E-state index in [0.717, 1.165) is 0 Å². The van der Waals surface area contributed by atoms with Crippen LogP contribution in [0.15, 0.2) is 48.5 Å². The van der Waals surface area contributed by atoms with Crippen LogP contribution in [0.25, 0.3) is 10.1 Å². The van der Waals surface area contributed by atoms with E-state index >= 15 is 0 Å². The van der Waals surface area contributed by atoms with Crippen LogP contribution in [0.4, 0.5) is 10.1 Å². The van der Waals surface area contributed by atoms with E-state index < -0.39 is 0 Å². The van der Waals surface area contributed by atoms with Crippen molar-refractivity contribution in [2.45, 2.75) is 19.9 Å². The van der Waals surface area contributed by atoms with E-state index in [1.165, 1.54) is 26.6 Å². The van der Waals surface area contributed by atoms with Crippen molar-refractivity contribution in [3.8, 4) is 0 Å². The van der Waals surface area contributed by atoms with Gasteiger partial charge in [0.15, 0.2) is 0 Å². The second-order valence-corrected chi connectivity index (χ2v) is 6.02. The molecular formula is C17H16FNS. The van der Waals surface area contributed by atoms with Crippen molar-refractivity contribution in [2.75, 3.05) is 5.32 Å². The van der Waals surface area contributed by atoms with Crippen molar-refractivity contribution < 1.29 is 4.39 Å². The summed E-state index contributed by atoms with van der Waals surface area (Å²) in [6, 6.07) is 15.3. The quantitative estimate of drug-likeness (QED) is 0.668. The Labute approximate surface area is 122 Å². The summed E-state index contributed by atoms with van der Waals surface area (Å²) < 4.78 is 15.0. The van der Waals surface area contributed by atoms with E-state index in [9.17, 15) is 4.39 Å². The average Bonchev–Trinajstić information content (AvgIpc) is 2.79. The van der Waals surface area contributed by atoms with Gasteiger partial charge in [-0.15, -0.1) is 11.3 Å². The predicted octanol–water partition coefficient (Wildman–Crippen LogP) is 5.52. The third kappa shape index (κ3) is 2.29. The van der Waals surface area contributed by atoms with Crippen LogP contribution in [0.3, 0.4) is 0 Å². The van der Waals surface area contributed by atoms with Crippen LogP contribution < -0.4 is 5.32 Å². The number of hydrogen-bond donors (Lipinski definition) is 1. The van der Waals surface area contributed by atoms with Gasteiger partial charge in [0.2, 0.25) is 0 Å². The molecule has 0 radical (unpaired) electrons. The first-order chi connectivity index (χ1) is 9.66. The van der Waals surface area contributed by atoms with Crippen LogP contribution in [0.1, 0.15) is 23.4 Å². The lowest BCUT2D eigenvalue weighted by Gasteiger charge is -2.15. The molecule has 1 N–H and O–H groups in total. The lowest BCUT2D eigenvalue weighted by molar-refractivity contribution is 0.628. The van der Waals surface area contributed by atoms with E-state index in [1.54, 1.807) is 23.5 Å². The number of anilines is 1. The van der Waals surface area contributed by atoms with Gasteiger partial charge in [0.25, 0.3) is 0 Å². The molecule has 1 heterocycles. The van der Waals surface area contributed by atoms with Crippen molar-refractivity contribution in [1.82, 2.24) is 0 Å². The van der Waals surface area contributed by atoms with Crippen molar-refractivity contribution in [3.63, 3.8) is 0 Å². The first kappa shape index (κ1) is 13.1. The Morgan fingerprint density at radius 1 is 1.05 bits per heavy atom. The number of thiophene rings is 1. The molecule has 0 saturated carbocycles. The SMILES string of the molecule is Cc1c(C(C)Nc2ccccc2F)sc2ccccc12. The van der Waals surface area contributed by atoms with Crippen LogP contribution in [0.5, 0.6) is 0 Å². The van der Waals surface area contributed by atoms with E-state index in [1.807, 2.05) is 6.07 Å². The zero-order chi connectivity index (χ0) is 14.1. The Hall–Kier alpha value is -1.87. The molecule has 0 aliphatic rings. The highest BCUT2D eigenvalue weighted by Gasteiger charge is 2.15. The number of rotatable bonds is 3. The Morgan fingerprint density at radius 2 is 1.75 bits per heavy atom. The number of nitrogens with one attached hydrogen (secondary N) is 1. The van der Waals surface area contributed by atoms with Gasteiger partial charge < -0.3 is 5.32 Å². The van der Waals surface area contributed by atoms with Crippen LogP contribution in [-0.2, 0) is 0 Å². The van der Waals surface area contributed by atoms with Crippen LogP contribution in [-0.4, -0.2) is 0 Å². The molecule has 0 amide bonds. The van der Waals surface area contributed by atoms with Gasteiger partial charge in [0.1, 0.15) is 5.82 Å². The molecule has 0 spiro atoms. The summed E-state index contributed by atoms with van der Waals surface area (Å²) in [4.78, 5) is 1.26. The summed E-state index contributed by atoms with van der Waals surface area (Å²) >= 11 is 1.77. The first-order valence-electron chi connectivity index (χ1n) is 6.66. The number of fused-ring (bicyclic) bond motifs is 1. The largest absolute Gasteiger partial charge is 0.375 e. The molecule has 3 aromatic rings. The van der Waals surface area contributed by atoms with Crippen molar-refractivity contribution in [3.05, 3.63) is 64.8 Å². The number of para-hydroxylation sites is 1. The minimum Gasteiger partial charge on any atom is -0.375 e. The Balaban J connectivity index is 1.95. The van der Waals surface area contributed by atoms with Crippen LogP contribution in [0, 0.1) is 12.7 Å². The molecular weight excluding hydrogens is 269 g/mol. The molecule has 1 aromatic heterocycles. The standard InChI is InChI=1S/C17H16FNS/c1-11-13-7-3-6-10-16(13)20-17(11)12(2)19-15-9-5-4-8-14(15)18/h3-10,12,19H,1-2H3. The monoisotopic (exact) mass is 285 g/mol. The van der Waals surface area contributed by atoms with Gasteiger partial charge in [0, 0.05) is 9.58 Å². The van der Waals surface area contributed by atoms with Gasteiger partial charge in [-0.3, -0.25) is 0 Å². The third-order valence-electron chi connectivity index (χ3n) is 3.52. The van der Waals surface area contributed by atoms with Gasteiger partial charge >= 0.3 is 0 Å². The zero-order valence-electron chi connectivity index (χ0n) is 11.5. The predicted molar refractivity (Wildman–Crippen MR) is 85.0 cm³/mol. The van der Waals surface area contributed by atoms with E-state index in [0.29, 0.717) is 5.69 Å². The molecule has 2 aromatic carbocycles. The highest BCUT2D eigenvalue weighted by Crippen LogP contribution is 2.36. The number of aryl methyl sites for hydroxylation is 1. The summed E-state index contributed by atoms with van der Waals surface area (Å²) in [5.74, 6) is -0.210. The van der Waals surface area contributed by atoms with E-state index in [2.05, 4.69) is 43.4 Å². The van der Waals surface area contributed by atoms with Crippen LogP contribution >= 0.6 is 11.3 Å². The Bertz CT molecular complexity index is 748. The van der Waals surface area contributed by atoms with E-state index in [4.69, 9.17) is 0 Å². The number of halogens is 1. The normalized spacial score (nSPS) is 12.6. The summed E-state index contributed by atoms with van der Waals surface area (Å²) in [6.07, 6.45) is 0. The Kier molecular flexibility index (Phi) is 3.45. The molecule has 0 aliphatic carbocycles. The van der Waals surface area contributed by atoms with E-state index in [-0.39, 0.29) is 11.9 Å². The molecule has 1 atom stereocenters. The third-order valence-corrected chi connectivity index (χ3v) is 4.98. The number of benzene rings is 2. The van der Waals surface area contributed by atoms with Gasteiger partial charge in [-0.1, -0.05) is 30.3 Å². The second-order valence-electron chi connectivity index (χ2n) is 4.93. The molecule has 102 valence electrons. The molecule has 3 heteroatoms. The lowest BCUT2D eigenvalue weighted by Crippen LogP contribution is -2.07. The highest BCUT2D eigenvalue weighted by molar-refractivity contribution is 7.19. The second kappa shape index (κ2) is 5.25. The molecule has 3 rings (SSSR count). The van der Waals surface area contributed by atoms with Crippen molar-refractivity contribution in [2.24, 2.45) is 0 Å². The maximum absolute atomic E-state index is 13.7. The molecule has 0 bridgehead atoms. The van der Waals surface area contributed by atoms with Crippen LogP contribution in [0.2, 0.25) is 0 Å². The fourth-order valence-electron chi connectivity index (χ4n) is 2.48. The zero-order valence-corrected chi connectivity index (χ0v) is 12.3. The van der Waals surface area contributed by atoms with Crippen molar-refractivity contribution in [1.29, 1.82) is 0 Å². The van der Waals surface area contributed by atoms with Gasteiger partial charge in [-0.05, 0) is 43.0 Å². The van der Waals surface area contributed by atoms with Gasteiger partial charge in [-0.25, -0.2) is 4.39 Å². The molecule has 1 unspecified atom stereocenters. The molecule has 20 heavy (non-hydrogen) atoms. The van der Waals surface area contributed by atoms with Crippen molar-refractivity contribution >= 4 is 27.1 Å². The molecule has 1 nitrogen and oxygen atoms in total.